The van der Waals surface area contributed by atoms with Crippen molar-refractivity contribution in [2.45, 2.75) is 37.7 Å². The first-order valence-corrected chi connectivity index (χ1v) is 14.4. The number of fused-ring (bicyclic) bond motifs is 1. The number of halogens is 3. The van der Waals surface area contributed by atoms with E-state index in [0.717, 1.165) is 68.3 Å². The summed E-state index contributed by atoms with van der Waals surface area (Å²) in [6.07, 6.45) is -0.361. The largest absolute Gasteiger partial charge is 0.393 e. The van der Waals surface area contributed by atoms with Crippen LogP contribution in [0.5, 0.6) is 0 Å². The van der Waals surface area contributed by atoms with E-state index in [-0.39, 0.29) is 16.0 Å². The average Bonchev–Trinajstić information content (AvgIpc) is 3.14. The third-order valence-electron chi connectivity index (χ3n) is 6.86. The topological polar surface area (TPSA) is 66.4 Å². The molecule has 0 N–H and O–H groups in total. The summed E-state index contributed by atoms with van der Waals surface area (Å²) in [5.41, 5.74) is 2.19. The first kappa shape index (κ1) is 24.5. The molecule has 1 aromatic carbocycles. The number of nitrogens with zero attached hydrogens (tertiary/aromatic N) is 4. The standard InChI is InChI=1S/C24H27F3N4O2S2/c1-35(32,33)13-18-4-2-17(3-5-18)12-30-8-6-23(7-9-30)14-31(15-23)21-20-10-19(11-24(25,26)27)34-22(20)29-16-28-21/h2-5,10,16H,6-9,11-15H2,1H3. The zero-order chi connectivity index (χ0) is 24.8. The van der Waals surface area contributed by atoms with Crippen LogP contribution in [-0.2, 0) is 28.6 Å². The number of piperidine rings is 1. The van der Waals surface area contributed by atoms with Crippen LogP contribution in [0.4, 0.5) is 19.0 Å². The van der Waals surface area contributed by atoms with E-state index in [9.17, 15) is 21.6 Å². The number of hydrogen-bond donors (Lipinski definition) is 0. The maximum Gasteiger partial charge on any atom is 0.393 e. The summed E-state index contributed by atoms with van der Waals surface area (Å²) >= 11 is 1.09. The number of rotatable bonds is 6. The average molecular weight is 525 g/mol. The highest BCUT2D eigenvalue weighted by Gasteiger charge is 2.45. The number of aromatic nitrogens is 2. The van der Waals surface area contributed by atoms with E-state index in [1.54, 1.807) is 6.07 Å². The lowest BCUT2D eigenvalue weighted by Gasteiger charge is -2.54. The predicted octanol–water partition coefficient (Wildman–Crippen LogP) is 4.44. The summed E-state index contributed by atoms with van der Waals surface area (Å²) in [5, 5.41) is 0.711. The van der Waals surface area contributed by atoms with Crippen molar-refractivity contribution >= 4 is 37.2 Å². The first-order chi connectivity index (χ1) is 16.5. The third-order valence-corrected chi connectivity index (χ3v) is 8.76. The van der Waals surface area contributed by atoms with Crippen LogP contribution in [0.2, 0.25) is 0 Å². The van der Waals surface area contributed by atoms with Crippen LogP contribution in [0, 0.1) is 5.41 Å². The van der Waals surface area contributed by atoms with Gasteiger partial charge in [0, 0.05) is 36.2 Å². The van der Waals surface area contributed by atoms with Gasteiger partial charge in [-0.25, -0.2) is 18.4 Å². The Morgan fingerprint density at radius 1 is 1.06 bits per heavy atom. The summed E-state index contributed by atoms with van der Waals surface area (Å²) in [4.78, 5) is 14.1. The Kier molecular flexibility index (Phi) is 6.29. The Labute approximate surface area is 206 Å². The number of sulfone groups is 1. The highest BCUT2D eigenvalue weighted by Crippen LogP contribution is 2.44. The van der Waals surface area contributed by atoms with Crippen molar-refractivity contribution in [3.05, 3.63) is 52.7 Å². The molecule has 2 aliphatic rings. The SMILES string of the molecule is CS(=O)(=O)Cc1ccc(CN2CCC3(CC2)CN(c2ncnc4sc(CC(F)(F)F)cc24)C3)cc1. The van der Waals surface area contributed by atoms with Crippen molar-refractivity contribution in [3.8, 4) is 0 Å². The van der Waals surface area contributed by atoms with Crippen molar-refractivity contribution in [2.24, 2.45) is 5.41 Å². The van der Waals surface area contributed by atoms with Crippen molar-refractivity contribution in [2.75, 3.05) is 37.3 Å². The van der Waals surface area contributed by atoms with Gasteiger partial charge < -0.3 is 4.90 Å². The van der Waals surface area contributed by atoms with Crippen LogP contribution in [-0.4, -0.2) is 61.9 Å². The Morgan fingerprint density at radius 2 is 1.71 bits per heavy atom. The van der Waals surface area contributed by atoms with Gasteiger partial charge in [-0.2, -0.15) is 13.2 Å². The molecule has 0 bridgehead atoms. The van der Waals surface area contributed by atoms with Gasteiger partial charge in [-0.05, 0) is 43.1 Å². The molecular weight excluding hydrogens is 497 g/mol. The lowest BCUT2D eigenvalue weighted by Crippen LogP contribution is -2.60. The molecule has 5 rings (SSSR count). The summed E-state index contributed by atoms with van der Waals surface area (Å²) in [6.45, 7) is 4.51. The van der Waals surface area contributed by atoms with Gasteiger partial charge in [-0.1, -0.05) is 24.3 Å². The molecule has 2 aliphatic heterocycles. The highest BCUT2D eigenvalue weighted by molar-refractivity contribution is 7.89. The van der Waals surface area contributed by atoms with Crippen LogP contribution in [0.1, 0.15) is 28.8 Å². The minimum atomic E-state index is -4.23. The summed E-state index contributed by atoms with van der Waals surface area (Å²) in [7, 11) is -3.04. The van der Waals surface area contributed by atoms with Gasteiger partial charge in [0.2, 0.25) is 0 Å². The molecule has 0 aliphatic carbocycles. The van der Waals surface area contributed by atoms with Crippen molar-refractivity contribution in [1.29, 1.82) is 0 Å². The number of hydrogen-bond acceptors (Lipinski definition) is 7. The molecular formula is C24H27F3N4O2S2. The van der Waals surface area contributed by atoms with E-state index in [1.165, 1.54) is 18.1 Å². The Balaban J connectivity index is 1.17. The van der Waals surface area contributed by atoms with Gasteiger partial charge in [0.15, 0.2) is 9.84 Å². The molecule has 11 heteroatoms. The molecule has 2 saturated heterocycles. The highest BCUT2D eigenvalue weighted by atomic mass is 32.2. The zero-order valence-electron chi connectivity index (χ0n) is 19.4. The molecule has 0 amide bonds. The van der Waals surface area contributed by atoms with Gasteiger partial charge >= 0.3 is 6.18 Å². The number of benzene rings is 1. The number of thiophene rings is 1. The molecule has 0 atom stereocenters. The molecule has 1 spiro atoms. The lowest BCUT2D eigenvalue weighted by atomic mass is 9.72. The lowest BCUT2D eigenvalue weighted by molar-refractivity contribution is -0.126. The Bertz CT molecular complexity index is 1310. The number of anilines is 1. The van der Waals surface area contributed by atoms with Crippen LogP contribution >= 0.6 is 11.3 Å². The van der Waals surface area contributed by atoms with E-state index in [0.29, 0.717) is 10.2 Å². The minimum absolute atomic E-state index is 0.0592. The second-order valence-corrected chi connectivity index (χ2v) is 13.2. The molecule has 188 valence electrons. The van der Waals surface area contributed by atoms with E-state index >= 15 is 0 Å². The van der Waals surface area contributed by atoms with Crippen molar-refractivity contribution in [3.63, 3.8) is 0 Å². The second kappa shape index (κ2) is 9.01. The quantitative estimate of drug-likeness (QED) is 0.475. The fourth-order valence-electron chi connectivity index (χ4n) is 5.15. The van der Waals surface area contributed by atoms with Gasteiger partial charge in [0.25, 0.3) is 0 Å². The smallest absolute Gasteiger partial charge is 0.355 e. The van der Waals surface area contributed by atoms with Gasteiger partial charge in [-0.15, -0.1) is 11.3 Å². The Morgan fingerprint density at radius 3 is 2.34 bits per heavy atom. The van der Waals surface area contributed by atoms with E-state index in [2.05, 4.69) is 19.8 Å². The molecule has 6 nitrogen and oxygen atoms in total. The van der Waals surface area contributed by atoms with Crippen LogP contribution in [0.3, 0.4) is 0 Å². The first-order valence-electron chi connectivity index (χ1n) is 11.5. The summed E-state index contributed by atoms with van der Waals surface area (Å²) < 4.78 is 61.4. The van der Waals surface area contributed by atoms with E-state index < -0.39 is 22.4 Å². The van der Waals surface area contributed by atoms with E-state index in [1.807, 2.05) is 24.3 Å². The molecule has 3 aromatic rings. The zero-order valence-corrected chi connectivity index (χ0v) is 21.0. The number of likely N-dealkylation sites (tertiary alicyclic amines) is 1. The molecule has 35 heavy (non-hydrogen) atoms. The molecule has 2 aromatic heterocycles. The third kappa shape index (κ3) is 5.78. The molecule has 2 fully saturated rings. The van der Waals surface area contributed by atoms with Crippen molar-refractivity contribution in [1.82, 2.24) is 14.9 Å². The summed E-state index contributed by atoms with van der Waals surface area (Å²) in [5.74, 6) is 0.797. The van der Waals surface area contributed by atoms with Crippen LogP contribution < -0.4 is 4.90 Å². The molecule has 0 radical (unpaired) electrons. The van der Waals surface area contributed by atoms with Crippen LogP contribution in [0.25, 0.3) is 10.2 Å². The fourth-order valence-corrected chi connectivity index (χ4v) is 6.97. The maximum atomic E-state index is 12.8. The Hall–Kier alpha value is -2.24. The van der Waals surface area contributed by atoms with Gasteiger partial charge in [-0.3, -0.25) is 4.90 Å². The molecule has 4 heterocycles. The van der Waals surface area contributed by atoms with Gasteiger partial charge in [0.1, 0.15) is 17.0 Å². The molecule has 0 unspecified atom stereocenters. The minimum Gasteiger partial charge on any atom is -0.355 e. The normalized spacial score (nSPS) is 18.8. The monoisotopic (exact) mass is 524 g/mol. The molecule has 0 saturated carbocycles. The fraction of sp³-hybridized carbons (Fsp3) is 0.500. The van der Waals surface area contributed by atoms with E-state index in [4.69, 9.17) is 0 Å². The summed E-state index contributed by atoms with van der Waals surface area (Å²) in [6, 6.07) is 9.38. The van der Waals surface area contributed by atoms with Gasteiger partial charge in [0.05, 0.1) is 17.6 Å². The van der Waals surface area contributed by atoms with Crippen molar-refractivity contribution < 1.29 is 21.6 Å². The predicted molar refractivity (Wildman–Crippen MR) is 131 cm³/mol. The number of alkyl halides is 3. The van der Waals surface area contributed by atoms with Crippen LogP contribution in [0.15, 0.2) is 36.7 Å². The second-order valence-electron chi connectivity index (χ2n) is 9.94. The maximum absolute atomic E-state index is 12.8.